The average Bonchev–Trinajstić information content (AvgIpc) is 2.80. The van der Waals surface area contributed by atoms with Gasteiger partial charge in [0.05, 0.1) is 6.54 Å². The normalized spacial score (nSPS) is 11.6. The number of isocyanates is 1. The van der Waals surface area contributed by atoms with Crippen molar-refractivity contribution in [1.82, 2.24) is 0 Å². The van der Waals surface area contributed by atoms with E-state index in [0.29, 0.717) is 6.54 Å². The lowest BCUT2D eigenvalue weighted by Gasteiger charge is -2.07. The zero-order valence-electron chi connectivity index (χ0n) is 22.1. The third kappa shape index (κ3) is 32.5. The molecule has 0 aliphatic heterocycles. The van der Waals surface area contributed by atoms with Crippen molar-refractivity contribution in [2.24, 2.45) is 4.99 Å². The third-order valence-corrected chi connectivity index (χ3v) is 9.42. The first kappa shape index (κ1) is 34.5. The molecule has 0 aromatic rings. The molecule has 2 nitrogen and oxygen atoms in total. The fourth-order valence-electron chi connectivity index (χ4n) is 4.63. The molecular formula is C28H54Cl3NOSi. The first-order valence-electron chi connectivity index (χ1n) is 14.7. The summed E-state index contributed by atoms with van der Waals surface area (Å²) in [5, 5.41) is 0. The lowest BCUT2D eigenvalue weighted by molar-refractivity contribution is 0.516. The molecule has 6 heteroatoms. The fraction of sp³-hybridized carbons (Fsp3) is 0.964. The maximum atomic E-state index is 9.97. The maximum Gasteiger partial charge on any atom is 0.341 e. The van der Waals surface area contributed by atoms with Crippen molar-refractivity contribution in [3.63, 3.8) is 0 Å². The van der Waals surface area contributed by atoms with Crippen molar-refractivity contribution < 1.29 is 4.79 Å². The van der Waals surface area contributed by atoms with Gasteiger partial charge in [0, 0.05) is 0 Å². The van der Waals surface area contributed by atoms with Gasteiger partial charge in [-0.3, -0.25) is 0 Å². The number of halogens is 3. The fourth-order valence-corrected chi connectivity index (χ4v) is 6.48. The Balaban J connectivity index is 3.05. The van der Waals surface area contributed by atoms with E-state index in [1.807, 2.05) is 0 Å². The number of aliphatic imine (C=N–C) groups is 1. The Morgan fingerprint density at radius 1 is 0.412 bits per heavy atom. The molecule has 0 aliphatic rings. The van der Waals surface area contributed by atoms with Crippen molar-refractivity contribution in [2.75, 3.05) is 6.54 Å². The van der Waals surface area contributed by atoms with Crippen LogP contribution in [-0.4, -0.2) is 18.6 Å². The molecule has 0 radical (unpaired) electrons. The van der Waals surface area contributed by atoms with E-state index in [4.69, 9.17) is 33.2 Å². The van der Waals surface area contributed by atoms with Gasteiger partial charge in [-0.25, -0.2) is 9.79 Å². The topological polar surface area (TPSA) is 29.4 Å². The predicted octanol–water partition coefficient (Wildman–Crippen LogP) is 11.7. The molecular weight excluding hydrogens is 501 g/mol. The van der Waals surface area contributed by atoms with Crippen molar-refractivity contribution in [3.8, 4) is 0 Å². The van der Waals surface area contributed by atoms with Crippen LogP contribution in [0.2, 0.25) is 6.04 Å². The summed E-state index contributed by atoms with van der Waals surface area (Å²) in [6.45, 7) is 0.662. The van der Waals surface area contributed by atoms with E-state index in [9.17, 15) is 4.79 Å². The second-order valence-electron chi connectivity index (χ2n) is 10.2. The van der Waals surface area contributed by atoms with Gasteiger partial charge < -0.3 is 0 Å². The van der Waals surface area contributed by atoms with Crippen LogP contribution in [0.1, 0.15) is 161 Å². The SMILES string of the molecule is O=C=NCCCCCCCCCCCCCCCCCCCCCCCCCCC[Si](Cl)(Cl)Cl. The molecule has 0 heterocycles. The smallest absolute Gasteiger partial charge is 0.211 e. The minimum atomic E-state index is -2.37. The van der Waals surface area contributed by atoms with Crippen LogP contribution in [0, 0.1) is 0 Å². The van der Waals surface area contributed by atoms with Crippen LogP contribution in [0.3, 0.4) is 0 Å². The van der Waals surface area contributed by atoms with Gasteiger partial charge in [-0.15, -0.1) is 33.2 Å². The van der Waals surface area contributed by atoms with E-state index < -0.39 is 6.00 Å². The van der Waals surface area contributed by atoms with E-state index in [1.54, 1.807) is 6.08 Å². The molecule has 0 unspecified atom stereocenters. The molecule has 0 aliphatic carbocycles. The van der Waals surface area contributed by atoms with Gasteiger partial charge in [0.2, 0.25) is 6.08 Å². The third-order valence-electron chi connectivity index (χ3n) is 6.79. The number of hydrogen-bond acceptors (Lipinski definition) is 2. The second-order valence-corrected chi connectivity index (χ2v) is 19.5. The van der Waals surface area contributed by atoms with Crippen LogP contribution >= 0.6 is 33.2 Å². The molecule has 0 aromatic heterocycles. The molecule has 0 N–H and O–H groups in total. The standard InChI is InChI=1S/C28H54Cl3NOSi/c29-34(30,31)27-25-23-21-19-17-15-13-11-9-7-5-3-1-2-4-6-8-10-12-14-16-18-20-22-24-26-32-28-33/h1-27H2. The first-order chi connectivity index (χ1) is 16.6. The molecule has 0 fully saturated rings. The summed E-state index contributed by atoms with van der Waals surface area (Å²) < 4.78 is 0. The quantitative estimate of drug-likeness (QED) is 0.0311. The molecule has 0 atom stereocenters. The Bertz CT molecular complexity index is 453. The second kappa shape index (κ2) is 28.0. The monoisotopic (exact) mass is 553 g/mol. The van der Waals surface area contributed by atoms with Crippen LogP contribution in [-0.2, 0) is 4.79 Å². The summed E-state index contributed by atoms with van der Waals surface area (Å²) in [6, 6.07) is -1.55. The molecule has 0 bridgehead atoms. The number of rotatable bonds is 28. The van der Waals surface area contributed by atoms with Crippen LogP contribution in [0.4, 0.5) is 0 Å². The molecule has 0 aromatic carbocycles. The van der Waals surface area contributed by atoms with Crippen molar-refractivity contribution in [1.29, 1.82) is 0 Å². The van der Waals surface area contributed by atoms with Crippen LogP contribution in [0.15, 0.2) is 4.99 Å². The largest absolute Gasteiger partial charge is 0.341 e. The van der Waals surface area contributed by atoms with E-state index in [1.165, 1.54) is 148 Å². The van der Waals surface area contributed by atoms with Gasteiger partial charge in [0.25, 0.3) is 0 Å². The molecule has 0 amide bonds. The minimum absolute atomic E-state index is 0.662. The summed E-state index contributed by atoms with van der Waals surface area (Å²) in [6.07, 6.45) is 35.6. The van der Waals surface area contributed by atoms with Gasteiger partial charge in [0.15, 0.2) is 0 Å². The molecule has 34 heavy (non-hydrogen) atoms. The van der Waals surface area contributed by atoms with Crippen molar-refractivity contribution in [3.05, 3.63) is 0 Å². The summed E-state index contributed by atoms with van der Waals surface area (Å²) in [5.41, 5.74) is 0. The van der Waals surface area contributed by atoms with Gasteiger partial charge in [-0.2, -0.15) is 0 Å². The summed E-state index contributed by atoms with van der Waals surface area (Å²) in [5.74, 6) is 0. The zero-order valence-corrected chi connectivity index (χ0v) is 25.3. The van der Waals surface area contributed by atoms with E-state index in [0.717, 1.165) is 18.9 Å². The Morgan fingerprint density at radius 3 is 0.882 bits per heavy atom. The highest BCUT2D eigenvalue weighted by Gasteiger charge is 2.23. The highest BCUT2D eigenvalue weighted by Crippen LogP contribution is 2.27. The van der Waals surface area contributed by atoms with Crippen LogP contribution < -0.4 is 0 Å². The molecule has 0 saturated heterocycles. The molecule has 202 valence electrons. The average molecular weight is 555 g/mol. The molecule has 0 rings (SSSR count). The predicted molar refractivity (Wildman–Crippen MR) is 157 cm³/mol. The highest BCUT2D eigenvalue weighted by atomic mass is 35.8. The Hall–Kier alpha value is 0.467. The number of hydrogen-bond donors (Lipinski definition) is 0. The van der Waals surface area contributed by atoms with E-state index in [2.05, 4.69) is 4.99 Å². The van der Waals surface area contributed by atoms with Crippen LogP contribution in [0.25, 0.3) is 0 Å². The Morgan fingerprint density at radius 2 is 0.647 bits per heavy atom. The van der Waals surface area contributed by atoms with E-state index in [-0.39, 0.29) is 0 Å². The Labute approximate surface area is 227 Å². The molecule has 0 spiro atoms. The van der Waals surface area contributed by atoms with Crippen molar-refractivity contribution in [2.45, 2.75) is 167 Å². The minimum Gasteiger partial charge on any atom is -0.211 e. The van der Waals surface area contributed by atoms with Gasteiger partial charge in [-0.1, -0.05) is 154 Å². The maximum absolute atomic E-state index is 9.97. The summed E-state index contributed by atoms with van der Waals surface area (Å²) in [7, 11) is 0. The summed E-state index contributed by atoms with van der Waals surface area (Å²) >= 11 is 17.7. The zero-order chi connectivity index (χ0) is 25.0. The van der Waals surface area contributed by atoms with Gasteiger partial charge in [0.1, 0.15) is 0 Å². The molecule has 0 saturated carbocycles. The first-order valence-corrected chi connectivity index (χ1v) is 19.9. The number of carbonyl (C=O) groups excluding carboxylic acids is 1. The van der Waals surface area contributed by atoms with Crippen molar-refractivity contribution >= 4 is 45.3 Å². The number of unbranched alkanes of at least 4 members (excludes halogenated alkanes) is 24. The van der Waals surface area contributed by atoms with Gasteiger partial charge >= 0.3 is 6.00 Å². The number of nitrogens with zero attached hydrogens (tertiary/aromatic N) is 1. The van der Waals surface area contributed by atoms with E-state index >= 15 is 0 Å². The summed E-state index contributed by atoms with van der Waals surface area (Å²) in [4.78, 5) is 13.6. The highest BCUT2D eigenvalue weighted by molar-refractivity contribution is 7.64. The lowest BCUT2D eigenvalue weighted by atomic mass is 10.0. The van der Waals surface area contributed by atoms with Crippen LogP contribution in [0.5, 0.6) is 0 Å². The Kier molecular flexibility index (Phi) is 28.4. The lowest BCUT2D eigenvalue weighted by Crippen LogP contribution is -2.07. The van der Waals surface area contributed by atoms with Gasteiger partial charge in [-0.05, 0) is 12.5 Å².